The van der Waals surface area contributed by atoms with Gasteiger partial charge in [0.25, 0.3) is 0 Å². The second-order valence-corrected chi connectivity index (χ2v) is 7.12. The standard InChI is InChI=1S/C10H18N4O5S3/c1-7(20-5)11-18-9(15)13(3)22(17)14(4)10(16)19-12-8(2)21-6/h1-6H3/b11-7-,12-8-. The zero-order chi connectivity index (χ0) is 17.3. The minimum absolute atomic E-state index is 0.516. The number of rotatable bonds is 4. The highest BCUT2D eigenvalue weighted by atomic mass is 32.2. The van der Waals surface area contributed by atoms with Crippen LogP contribution >= 0.6 is 23.5 Å². The zero-order valence-electron chi connectivity index (χ0n) is 13.1. The van der Waals surface area contributed by atoms with Gasteiger partial charge in [0.2, 0.25) is 11.2 Å². The van der Waals surface area contributed by atoms with Crippen LogP contribution in [0.4, 0.5) is 9.59 Å². The lowest BCUT2D eigenvalue weighted by atomic mass is 10.9. The zero-order valence-corrected chi connectivity index (χ0v) is 15.5. The van der Waals surface area contributed by atoms with Crippen molar-refractivity contribution in [3.63, 3.8) is 0 Å². The molecule has 0 fully saturated rings. The smallest absolute Gasteiger partial charge is 0.296 e. The Kier molecular flexibility index (Phi) is 9.85. The molecule has 2 amide bonds. The number of carbonyl (C=O) groups is 2. The van der Waals surface area contributed by atoms with Gasteiger partial charge in [0, 0.05) is 14.1 Å². The second kappa shape index (κ2) is 10.5. The molecule has 0 spiro atoms. The fraction of sp³-hybridized carbons (Fsp3) is 0.600. The number of amides is 2. The minimum Gasteiger partial charge on any atom is -0.296 e. The van der Waals surface area contributed by atoms with Crippen LogP contribution in [0.15, 0.2) is 10.3 Å². The third-order valence-corrected chi connectivity index (χ3v) is 4.64. The lowest BCUT2D eigenvalue weighted by Gasteiger charge is -2.19. The van der Waals surface area contributed by atoms with Crippen molar-refractivity contribution < 1.29 is 23.5 Å². The van der Waals surface area contributed by atoms with E-state index >= 15 is 0 Å². The molecule has 0 aliphatic heterocycles. The molecule has 0 saturated carbocycles. The van der Waals surface area contributed by atoms with Crippen molar-refractivity contribution in [2.75, 3.05) is 26.6 Å². The summed E-state index contributed by atoms with van der Waals surface area (Å²) in [6.07, 6.45) is 1.57. The van der Waals surface area contributed by atoms with Crippen LogP contribution in [0.25, 0.3) is 0 Å². The predicted octanol–water partition coefficient (Wildman–Crippen LogP) is 2.09. The van der Waals surface area contributed by atoms with E-state index in [4.69, 9.17) is 0 Å². The van der Waals surface area contributed by atoms with Crippen molar-refractivity contribution in [1.82, 2.24) is 8.61 Å². The highest BCUT2D eigenvalue weighted by molar-refractivity contribution is 8.13. The van der Waals surface area contributed by atoms with Gasteiger partial charge in [-0.25, -0.2) is 22.4 Å². The van der Waals surface area contributed by atoms with Crippen LogP contribution in [0.2, 0.25) is 0 Å². The number of hydrogen-bond donors (Lipinski definition) is 0. The summed E-state index contributed by atoms with van der Waals surface area (Å²) in [4.78, 5) is 32.4. The van der Waals surface area contributed by atoms with Crippen molar-refractivity contribution in [2.45, 2.75) is 13.8 Å². The molecule has 0 N–H and O–H groups in total. The van der Waals surface area contributed by atoms with Gasteiger partial charge in [0.1, 0.15) is 10.1 Å². The van der Waals surface area contributed by atoms with E-state index in [-0.39, 0.29) is 0 Å². The van der Waals surface area contributed by atoms with Gasteiger partial charge in [0.05, 0.1) is 0 Å². The molecule has 9 nitrogen and oxygen atoms in total. The van der Waals surface area contributed by atoms with Crippen LogP contribution in [0.1, 0.15) is 13.8 Å². The van der Waals surface area contributed by atoms with Crippen molar-refractivity contribution in [3.8, 4) is 0 Å². The maximum absolute atomic E-state index is 12.0. The Balaban J connectivity index is 4.67. The van der Waals surface area contributed by atoms with Gasteiger partial charge in [-0.2, -0.15) is 0 Å². The van der Waals surface area contributed by atoms with Gasteiger partial charge in [-0.1, -0.05) is 10.3 Å². The maximum Gasteiger partial charge on any atom is 0.449 e. The molecule has 0 unspecified atom stereocenters. The summed E-state index contributed by atoms with van der Waals surface area (Å²) in [6, 6.07) is 0. The van der Waals surface area contributed by atoms with Gasteiger partial charge < -0.3 is 0 Å². The molecule has 22 heavy (non-hydrogen) atoms. The molecular weight excluding hydrogens is 352 g/mol. The number of hydrogen-bond acceptors (Lipinski definition) is 9. The first-order valence-electron chi connectivity index (χ1n) is 5.73. The summed E-state index contributed by atoms with van der Waals surface area (Å²) in [5, 5.41) is 8.06. The SMILES string of the molecule is CS/C(C)=N\OC(=O)N(C)S(=O)N(C)C(=O)O/N=C(/C)SC. The van der Waals surface area contributed by atoms with E-state index < -0.39 is 23.4 Å². The summed E-state index contributed by atoms with van der Waals surface area (Å²) in [7, 11) is 2.39. The molecule has 12 heteroatoms. The Hall–Kier alpha value is -1.27. The number of carbonyl (C=O) groups excluding carboxylic acids is 2. The lowest BCUT2D eigenvalue weighted by molar-refractivity contribution is 0.128. The molecule has 0 rings (SSSR count). The summed E-state index contributed by atoms with van der Waals surface area (Å²) < 4.78 is 13.4. The molecule has 0 radical (unpaired) electrons. The summed E-state index contributed by atoms with van der Waals surface area (Å²) in [5.74, 6) is 0. The highest BCUT2D eigenvalue weighted by Gasteiger charge is 2.26. The Bertz CT molecular complexity index is 455. The lowest BCUT2D eigenvalue weighted by Crippen LogP contribution is -2.40. The average molecular weight is 370 g/mol. The Morgan fingerprint density at radius 1 is 0.909 bits per heavy atom. The largest absolute Gasteiger partial charge is 0.449 e. The first-order valence-corrected chi connectivity index (χ1v) is 9.24. The third-order valence-electron chi connectivity index (χ3n) is 2.08. The Morgan fingerprint density at radius 2 is 1.23 bits per heavy atom. The molecule has 0 aliphatic rings. The highest BCUT2D eigenvalue weighted by Crippen LogP contribution is 2.06. The van der Waals surface area contributed by atoms with Crippen LogP contribution in [0.5, 0.6) is 0 Å². The van der Waals surface area contributed by atoms with Crippen LogP contribution in [0.3, 0.4) is 0 Å². The fourth-order valence-electron chi connectivity index (χ4n) is 0.707. The van der Waals surface area contributed by atoms with Crippen LogP contribution in [-0.4, -0.2) is 61.7 Å². The molecular formula is C10H18N4O5S3. The number of nitrogens with zero attached hydrogens (tertiary/aromatic N) is 4. The molecule has 0 bridgehead atoms. The molecule has 0 aromatic carbocycles. The van der Waals surface area contributed by atoms with Gasteiger partial charge in [-0.05, 0) is 26.4 Å². The van der Waals surface area contributed by atoms with Crippen LogP contribution < -0.4 is 0 Å². The van der Waals surface area contributed by atoms with Gasteiger partial charge in [-0.15, -0.1) is 23.5 Å². The third kappa shape index (κ3) is 7.13. The van der Waals surface area contributed by atoms with Crippen molar-refractivity contribution in [3.05, 3.63) is 0 Å². The first-order chi connectivity index (χ1) is 10.2. The van der Waals surface area contributed by atoms with Gasteiger partial charge in [-0.3, -0.25) is 9.68 Å². The van der Waals surface area contributed by atoms with Gasteiger partial charge >= 0.3 is 12.2 Å². The molecule has 0 heterocycles. The van der Waals surface area contributed by atoms with E-state index in [2.05, 4.69) is 20.0 Å². The van der Waals surface area contributed by atoms with E-state index in [9.17, 15) is 13.8 Å². The van der Waals surface area contributed by atoms with Crippen LogP contribution in [0, 0.1) is 0 Å². The molecule has 0 saturated heterocycles. The van der Waals surface area contributed by atoms with E-state index in [1.54, 1.807) is 26.4 Å². The molecule has 126 valence electrons. The summed E-state index contributed by atoms with van der Waals surface area (Å²) in [6.45, 7) is 3.29. The molecule has 0 atom stereocenters. The van der Waals surface area contributed by atoms with Gasteiger partial charge in [0.15, 0.2) is 0 Å². The summed E-state index contributed by atoms with van der Waals surface area (Å²) in [5.41, 5.74) is 0. The first kappa shape index (κ1) is 20.7. The quantitative estimate of drug-likeness (QED) is 0.323. The average Bonchev–Trinajstić information content (AvgIpc) is 2.54. The van der Waals surface area contributed by atoms with E-state index in [1.807, 2.05) is 0 Å². The minimum atomic E-state index is -2.14. The Labute approximate surface area is 140 Å². The van der Waals surface area contributed by atoms with Crippen LogP contribution in [-0.2, 0) is 20.8 Å². The molecule has 0 aliphatic carbocycles. The normalized spacial score (nSPS) is 13.4. The van der Waals surface area contributed by atoms with E-state index in [1.165, 1.54) is 37.6 Å². The monoisotopic (exact) mass is 370 g/mol. The molecule has 0 aromatic rings. The topological polar surface area (TPSA) is 101 Å². The second-order valence-electron chi connectivity index (χ2n) is 3.57. The fourth-order valence-corrected chi connectivity index (χ4v) is 1.62. The number of thioether (sulfide) groups is 2. The predicted molar refractivity (Wildman–Crippen MR) is 89.9 cm³/mol. The van der Waals surface area contributed by atoms with Crippen molar-refractivity contribution >= 4 is 57.0 Å². The van der Waals surface area contributed by atoms with E-state index in [0.717, 1.165) is 0 Å². The van der Waals surface area contributed by atoms with E-state index in [0.29, 0.717) is 18.7 Å². The number of oxime groups is 2. The maximum atomic E-state index is 12.0. The Morgan fingerprint density at radius 3 is 1.50 bits per heavy atom. The summed E-state index contributed by atoms with van der Waals surface area (Å²) >= 11 is 0.436. The van der Waals surface area contributed by atoms with Crippen molar-refractivity contribution in [1.29, 1.82) is 0 Å². The molecule has 0 aromatic heterocycles. The van der Waals surface area contributed by atoms with Crippen molar-refractivity contribution in [2.24, 2.45) is 10.3 Å².